The number of carbonyl (C=O) groups excluding carboxylic acids is 1. The predicted molar refractivity (Wildman–Crippen MR) is 71.8 cm³/mol. The normalized spacial score (nSPS) is 24.1. The van der Waals surface area contributed by atoms with Crippen molar-refractivity contribution in [1.82, 2.24) is 4.90 Å². The number of amides is 1. The molecule has 0 spiro atoms. The number of rotatable bonds is 4. The second-order valence-corrected chi connectivity index (χ2v) is 6.19. The molecule has 3 heteroatoms. The lowest BCUT2D eigenvalue weighted by atomic mass is 9.68. The van der Waals surface area contributed by atoms with E-state index in [0.29, 0.717) is 5.91 Å². The Morgan fingerprint density at radius 3 is 2.62 bits per heavy atom. The molecule has 94 valence electrons. The lowest BCUT2D eigenvalue weighted by Gasteiger charge is -2.40. The molecule has 0 bridgehead atoms. The van der Waals surface area contributed by atoms with Gasteiger partial charge in [0.1, 0.15) is 0 Å². The summed E-state index contributed by atoms with van der Waals surface area (Å²) in [7, 11) is 0. The van der Waals surface area contributed by atoms with E-state index in [1.165, 1.54) is 19.3 Å². The van der Waals surface area contributed by atoms with Gasteiger partial charge in [0.25, 0.3) is 0 Å². The smallest absolute Gasteiger partial charge is 0.226 e. The summed E-state index contributed by atoms with van der Waals surface area (Å²) in [6.07, 6.45) is 4.76. The molecule has 2 nitrogen and oxygen atoms in total. The van der Waals surface area contributed by atoms with Gasteiger partial charge in [-0.25, -0.2) is 0 Å². The third-order valence-electron chi connectivity index (χ3n) is 3.85. The number of halogens is 1. The SMILES string of the molecule is CCN(CCBr)C(=O)C1CCCCC1(C)C. The summed E-state index contributed by atoms with van der Waals surface area (Å²) >= 11 is 3.42. The van der Waals surface area contributed by atoms with Gasteiger partial charge in [-0.15, -0.1) is 0 Å². The zero-order valence-corrected chi connectivity index (χ0v) is 12.3. The average molecular weight is 290 g/mol. The van der Waals surface area contributed by atoms with Crippen molar-refractivity contribution in [1.29, 1.82) is 0 Å². The summed E-state index contributed by atoms with van der Waals surface area (Å²) in [4.78, 5) is 14.4. The largest absolute Gasteiger partial charge is 0.342 e. The highest BCUT2D eigenvalue weighted by molar-refractivity contribution is 9.09. The first-order valence-electron chi connectivity index (χ1n) is 6.37. The Kier molecular flexibility index (Phi) is 5.29. The van der Waals surface area contributed by atoms with E-state index in [0.717, 1.165) is 24.8 Å². The van der Waals surface area contributed by atoms with Crippen molar-refractivity contribution in [3.8, 4) is 0 Å². The molecule has 0 heterocycles. The van der Waals surface area contributed by atoms with Crippen LogP contribution in [0, 0.1) is 11.3 Å². The molecule has 1 aliphatic carbocycles. The van der Waals surface area contributed by atoms with Crippen molar-refractivity contribution in [2.45, 2.75) is 46.5 Å². The Labute approximate surface area is 108 Å². The Hall–Kier alpha value is -0.0500. The molecule has 0 radical (unpaired) electrons. The van der Waals surface area contributed by atoms with Crippen molar-refractivity contribution < 1.29 is 4.79 Å². The van der Waals surface area contributed by atoms with Gasteiger partial charge in [-0.2, -0.15) is 0 Å². The fraction of sp³-hybridized carbons (Fsp3) is 0.923. The quantitative estimate of drug-likeness (QED) is 0.726. The van der Waals surface area contributed by atoms with E-state index in [1.54, 1.807) is 0 Å². The third kappa shape index (κ3) is 3.22. The van der Waals surface area contributed by atoms with Crippen LogP contribution in [0.15, 0.2) is 0 Å². The van der Waals surface area contributed by atoms with Crippen molar-refractivity contribution in [2.75, 3.05) is 18.4 Å². The summed E-state index contributed by atoms with van der Waals surface area (Å²) in [6.45, 7) is 8.22. The van der Waals surface area contributed by atoms with Crippen LogP contribution in [-0.4, -0.2) is 29.2 Å². The molecule has 0 saturated heterocycles. The first-order chi connectivity index (χ1) is 7.53. The number of alkyl halides is 1. The highest BCUT2D eigenvalue weighted by Gasteiger charge is 2.38. The molecule has 1 fully saturated rings. The zero-order chi connectivity index (χ0) is 12.2. The van der Waals surface area contributed by atoms with Crippen LogP contribution >= 0.6 is 15.9 Å². The van der Waals surface area contributed by atoms with Gasteiger partial charge in [0.15, 0.2) is 0 Å². The summed E-state index contributed by atoms with van der Waals surface area (Å²) in [6, 6.07) is 0. The molecule has 0 aliphatic heterocycles. The van der Waals surface area contributed by atoms with Gasteiger partial charge in [-0.05, 0) is 25.2 Å². The van der Waals surface area contributed by atoms with E-state index in [1.807, 2.05) is 4.90 Å². The molecule has 0 aromatic carbocycles. The minimum atomic E-state index is 0.190. The van der Waals surface area contributed by atoms with Crippen molar-refractivity contribution in [2.24, 2.45) is 11.3 Å². The molecule has 0 aromatic heterocycles. The summed E-state index contributed by atoms with van der Waals surface area (Å²) < 4.78 is 0. The summed E-state index contributed by atoms with van der Waals surface area (Å²) in [5.41, 5.74) is 0.190. The molecule has 1 amide bonds. The maximum atomic E-state index is 12.4. The van der Waals surface area contributed by atoms with Crippen LogP contribution in [-0.2, 0) is 4.79 Å². The van der Waals surface area contributed by atoms with Gasteiger partial charge in [0, 0.05) is 24.3 Å². The van der Waals surface area contributed by atoms with Crippen LogP contribution in [0.3, 0.4) is 0 Å². The van der Waals surface area contributed by atoms with Crippen LogP contribution in [0.25, 0.3) is 0 Å². The fourth-order valence-corrected chi connectivity index (χ4v) is 3.13. The van der Waals surface area contributed by atoms with Crippen LogP contribution in [0.1, 0.15) is 46.5 Å². The van der Waals surface area contributed by atoms with E-state index < -0.39 is 0 Å². The van der Waals surface area contributed by atoms with E-state index >= 15 is 0 Å². The first kappa shape index (κ1) is 14.0. The molecule has 16 heavy (non-hydrogen) atoms. The molecule has 1 atom stereocenters. The second-order valence-electron chi connectivity index (χ2n) is 5.39. The van der Waals surface area contributed by atoms with Gasteiger partial charge in [0.05, 0.1) is 0 Å². The third-order valence-corrected chi connectivity index (χ3v) is 4.21. The van der Waals surface area contributed by atoms with Crippen molar-refractivity contribution >= 4 is 21.8 Å². The molecule has 1 unspecified atom stereocenters. The highest BCUT2D eigenvalue weighted by atomic mass is 79.9. The van der Waals surface area contributed by atoms with Crippen molar-refractivity contribution in [3.63, 3.8) is 0 Å². The van der Waals surface area contributed by atoms with Gasteiger partial charge in [-0.3, -0.25) is 4.79 Å². The maximum Gasteiger partial charge on any atom is 0.226 e. The fourth-order valence-electron chi connectivity index (χ4n) is 2.70. The van der Waals surface area contributed by atoms with Gasteiger partial charge < -0.3 is 4.90 Å². The summed E-state index contributed by atoms with van der Waals surface area (Å²) in [5, 5.41) is 0.875. The van der Waals surface area contributed by atoms with Crippen LogP contribution in [0.5, 0.6) is 0 Å². The van der Waals surface area contributed by atoms with Crippen LogP contribution in [0.4, 0.5) is 0 Å². The Bertz CT molecular complexity index is 240. The molecule has 0 N–H and O–H groups in total. The predicted octanol–water partition coefficient (Wildman–Crippen LogP) is 3.45. The minimum absolute atomic E-state index is 0.190. The lowest BCUT2D eigenvalue weighted by molar-refractivity contribution is -0.140. The Balaban J connectivity index is 2.70. The van der Waals surface area contributed by atoms with E-state index in [2.05, 4.69) is 36.7 Å². The monoisotopic (exact) mass is 289 g/mol. The van der Waals surface area contributed by atoms with Gasteiger partial charge in [-0.1, -0.05) is 42.6 Å². The molecular weight excluding hydrogens is 266 g/mol. The van der Waals surface area contributed by atoms with Gasteiger partial charge >= 0.3 is 0 Å². The van der Waals surface area contributed by atoms with E-state index in [-0.39, 0.29) is 11.3 Å². The average Bonchev–Trinajstić information content (AvgIpc) is 2.24. The highest BCUT2D eigenvalue weighted by Crippen LogP contribution is 2.41. The van der Waals surface area contributed by atoms with E-state index in [4.69, 9.17) is 0 Å². The summed E-state index contributed by atoms with van der Waals surface area (Å²) in [5.74, 6) is 0.604. The second kappa shape index (κ2) is 6.04. The van der Waals surface area contributed by atoms with E-state index in [9.17, 15) is 4.79 Å². The van der Waals surface area contributed by atoms with Gasteiger partial charge in [0.2, 0.25) is 5.91 Å². The number of hydrogen-bond donors (Lipinski definition) is 0. The molecular formula is C13H24BrNO. The number of nitrogens with zero attached hydrogens (tertiary/aromatic N) is 1. The zero-order valence-electron chi connectivity index (χ0n) is 10.8. The Morgan fingerprint density at radius 2 is 2.12 bits per heavy atom. The standard InChI is InChI=1S/C13H24BrNO/c1-4-15(10-9-14)12(16)11-7-5-6-8-13(11,2)3/h11H,4-10H2,1-3H3. The minimum Gasteiger partial charge on any atom is -0.342 e. The lowest BCUT2D eigenvalue weighted by Crippen LogP contribution is -2.44. The van der Waals surface area contributed by atoms with Crippen molar-refractivity contribution in [3.05, 3.63) is 0 Å². The molecule has 1 aliphatic rings. The van der Waals surface area contributed by atoms with Crippen LogP contribution in [0.2, 0.25) is 0 Å². The number of carbonyl (C=O) groups is 1. The first-order valence-corrected chi connectivity index (χ1v) is 7.50. The molecule has 0 aromatic rings. The topological polar surface area (TPSA) is 20.3 Å². The molecule has 1 rings (SSSR count). The molecule has 1 saturated carbocycles. The Morgan fingerprint density at radius 1 is 1.44 bits per heavy atom. The number of hydrogen-bond acceptors (Lipinski definition) is 1. The van der Waals surface area contributed by atoms with Crippen LogP contribution < -0.4 is 0 Å². The maximum absolute atomic E-state index is 12.4.